The lowest BCUT2D eigenvalue weighted by Crippen LogP contribution is -2.34. The summed E-state index contributed by atoms with van der Waals surface area (Å²) in [4.78, 5) is 38.3. The lowest BCUT2D eigenvalue weighted by atomic mass is 9.92. The molecule has 1 aliphatic rings. The standard InChI is InChI=1S/C18H12ClNO3/c1-11(21)20(13-8-6-12(19)7-9-13)16-10-17(22)14-4-2-3-5-15(14)18(16)23/h2-10H,1H3. The van der Waals surface area contributed by atoms with Crippen LogP contribution in [0, 0.1) is 0 Å². The Hall–Kier alpha value is -2.72. The van der Waals surface area contributed by atoms with Crippen molar-refractivity contribution < 1.29 is 14.4 Å². The first kappa shape index (κ1) is 15.2. The summed E-state index contributed by atoms with van der Waals surface area (Å²) in [6.07, 6.45) is 1.21. The molecule has 0 aromatic heterocycles. The molecule has 4 nitrogen and oxygen atoms in total. The Bertz CT molecular complexity index is 853. The van der Waals surface area contributed by atoms with Gasteiger partial charge in [-0.05, 0) is 24.3 Å². The second-order valence-electron chi connectivity index (χ2n) is 5.10. The van der Waals surface area contributed by atoms with Gasteiger partial charge >= 0.3 is 0 Å². The molecule has 0 unspecified atom stereocenters. The van der Waals surface area contributed by atoms with Crippen molar-refractivity contribution in [3.8, 4) is 0 Å². The minimum atomic E-state index is -0.362. The Morgan fingerprint density at radius 2 is 1.57 bits per heavy atom. The number of Topliss-reactive ketones (excluding diaryl/α,β-unsaturated/α-hetero) is 1. The molecule has 5 heteroatoms. The number of ketones is 2. The molecular weight excluding hydrogens is 314 g/mol. The third kappa shape index (κ3) is 2.69. The maximum absolute atomic E-state index is 12.7. The Labute approximate surface area is 138 Å². The first-order valence-electron chi connectivity index (χ1n) is 6.95. The number of fused-ring (bicyclic) bond motifs is 1. The van der Waals surface area contributed by atoms with Gasteiger partial charge < -0.3 is 0 Å². The van der Waals surface area contributed by atoms with Gasteiger partial charge in [0.15, 0.2) is 5.78 Å². The van der Waals surface area contributed by atoms with E-state index in [-0.39, 0.29) is 23.2 Å². The fourth-order valence-corrected chi connectivity index (χ4v) is 2.67. The average molecular weight is 326 g/mol. The van der Waals surface area contributed by atoms with Gasteiger partial charge in [0.05, 0.1) is 0 Å². The average Bonchev–Trinajstić information content (AvgIpc) is 2.54. The minimum Gasteiger partial charge on any atom is -0.289 e. The Morgan fingerprint density at radius 1 is 0.957 bits per heavy atom. The quantitative estimate of drug-likeness (QED) is 0.846. The number of rotatable bonds is 2. The van der Waals surface area contributed by atoms with Crippen LogP contribution < -0.4 is 4.90 Å². The molecule has 1 amide bonds. The third-order valence-corrected chi connectivity index (χ3v) is 3.83. The molecule has 2 aromatic carbocycles. The Balaban J connectivity index is 2.11. The second kappa shape index (κ2) is 5.82. The highest BCUT2D eigenvalue weighted by atomic mass is 35.5. The van der Waals surface area contributed by atoms with Crippen molar-refractivity contribution in [2.45, 2.75) is 6.92 Å². The van der Waals surface area contributed by atoms with E-state index in [1.165, 1.54) is 17.9 Å². The van der Waals surface area contributed by atoms with Crippen LogP contribution in [0.4, 0.5) is 5.69 Å². The summed E-state index contributed by atoms with van der Waals surface area (Å²) in [5.41, 5.74) is 1.17. The molecule has 0 fully saturated rings. The van der Waals surface area contributed by atoms with Crippen molar-refractivity contribution in [2.24, 2.45) is 0 Å². The van der Waals surface area contributed by atoms with Crippen LogP contribution in [-0.2, 0) is 4.79 Å². The van der Waals surface area contributed by atoms with Crippen molar-refractivity contribution in [3.63, 3.8) is 0 Å². The van der Waals surface area contributed by atoms with Crippen molar-refractivity contribution in [3.05, 3.63) is 76.5 Å². The number of nitrogens with zero attached hydrogens (tertiary/aromatic N) is 1. The lowest BCUT2D eigenvalue weighted by molar-refractivity contribution is -0.116. The zero-order valence-corrected chi connectivity index (χ0v) is 13.0. The summed E-state index contributed by atoms with van der Waals surface area (Å²) in [5, 5.41) is 0.516. The summed E-state index contributed by atoms with van der Waals surface area (Å²) in [6, 6.07) is 13.1. The second-order valence-corrected chi connectivity index (χ2v) is 5.54. The molecule has 0 atom stereocenters. The Kier molecular flexibility index (Phi) is 3.84. The van der Waals surface area contributed by atoms with Gasteiger partial charge in [-0.15, -0.1) is 0 Å². The predicted molar refractivity (Wildman–Crippen MR) is 87.8 cm³/mol. The number of hydrogen-bond donors (Lipinski definition) is 0. The van der Waals surface area contributed by atoms with Crippen LogP contribution in [0.15, 0.2) is 60.3 Å². The number of anilines is 1. The van der Waals surface area contributed by atoms with Gasteiger partial charge in [-0.3, -0.25) is 19.3 Å². The Morgan fingerprint density at radius 3 is 2.17 bits per heavy atom. The third-order valence-electron chi connectivity index (χ3n) is 3.58. The molecular formula is C18H12ClNO3. The van der Waals surface area contributed by atoms with E-state index >= 15 is 0 Å². The molecule has 23 heavy (non-hydrogen) atoms. The fourth-order valence-electron chi connectivity index (χ4n) is 2.55. The van der Waals surface area contributed by atoms with Crippen molar-refractivity contribution in [2.75, 3.05) is 4.90 Å². The molecule has 0 saturated carbocycles. The van der Waals surface area contributed by atoms with Gasteiger partial charge in [-0.25, -0.2) is 0 Å². The van der Waals surface area contributed by atoms with E-state index < -0.39 is 0 Å². The molecule has 3 rings (SSSR count). The number of halogens is 1. The highest BCUT2D eigenvalue weighted by Gasteiger charge is 2.31. The first-order valence-corrected chi connectivity index (χ1v) is 7.33. The van der Waals surface area contributed by atoms with Gasteiger partial charge in [0.1, 0.15) is 5.70 Å². The minimum absolute atomic E-state index is 0.0449. The lowest BCUT2D eigenvalue weighted by Gasteiger charge is -2.26. The molecule has 0 radical (unpaired) electrons. The molecule has 0 N–H and O–H groups in total. The smallest absolute Gasteiger partial charge is 0.228 e. The normalized spacial score (nSPS) is 13.4. The zero-order chi connectivity index (χ0) is 16.6. The maximum Gasteiger partial charge on any atom is 0.228 e. The maximum atomic E-state index is 12.7. The van der Waals surface area contributed by atoms with Gasteiger partial charge in [0.25, 0.3) is 0 Å². The molecule has 0 heterocycles. The topological polar surface area (TPSA) is 54.5 Å². The van der Waals surface area contributed by atoms with Crippen LogP contribution in [0.3, 0.4) is 0 Å². The first-order chi connectivity index (χ1) is 11.0. The zero-order valence-electron chi connectivity index (χ0n) is 12.2. The van der Waals surface area contributed by atoms with Crippen molar-refractivity contribution >= 4 is 34.8 Å². The number of amides is 1. The van der Waals surface area contributed by atoms with E-state index in [4.69, 9.17) is 11.6 Å². The number of carbonyl (C=O) groups is 3. The van der Waals surface area contributed by atoms with Crippen LogP contribution in [0.2, 0.25) is 5.02 Å². The highest BCUT2D eigenvalue weighted by molar-refractivity contribution is 6.31. The van der Waals surface area contributed by atoms with E-state index in [1.54, 1.807) is 48.5 Å². The highest BCUT2D eigenvalue weighted by Crippen LogP contribution is 2.28. The van der Waals surface area contributed by atoms with Crippen molar-refractivity contribution in [1.82, 2.24) is 0 Å². The summed E-state index contributed by atoms with van der Waals surface area (Å²) in [6.45, 7) is 1.34. The fraction of sp³-hybridized carbons (Fsp3) is 0.0556. The number of allylic oxidation sites excluding steroid dienone is 2. The largest absolute Gasteiger partial charge is 0.289 e. The molecule has 2 aromatic rings. The molecule has 0 spiro atoms. The molecule has 0 saturated heterocycles. The van der Waals surface area contributed by atoms with Crippen LogP contribution in [0.1, 0.15) is 27.6 Å². The van der Waals surface area contributed by atoms with Gasteiger partial charge in [-0.2, -0.15) is 0 Å². The molecule has 114 valence electrons. The molecule has 1 aliphatic carbocycles. The van der Waals surface area contributed by atoms with E-state index in [0.717, 1.165) is 0 Å². The number of benzene rings is 2. The molecule has 0 bridgehead atoms. The molecule has 0 aliphatic heterocycles. The van der Waals surface area contributed by atoms with Gasteiger partial charge in [0.2, 0.25) is 11.7 Å². The van der Waals surface area contributed by atoms with E-state index in [0.29, 0.717) is 21.8 Å². The van der Waals surface area contributed by atoms with Crippen LogP contribution in [0.5, 0.6) is 0 Å². The van der Waals surface area contributed by atoms with Gasteiger partial charge in [-0.1, -0.05) is 35.9 Å². The predicted octanol–water partition coefficient (Wildman–Crippen LogP) is 3.66. The van der Waals surface area contributed by atoms with Gasteiger partial charge in [0, 0.05) is 34.8 Å². The SMILES string of the molecule is CC(=O)N(C1=CC(=O)c2ccccc2C1=O)c1ccc(Cl)cc1. The summed E-state index contributed by atoms with van der Waals surface area (Å²) < 4.78 is 0. The summed E-state index contributed by atoms with van der Waals surface area (Å²) >= 11 is 5.86. The van der Waals surface area contributed by atoms with Crippen molar-refractivity contribution in [1.29, 1.82) is 0 Å². The van der Waals surface area contributed by atoms with Crippen LogP contribution in [0.25, 0.3) is 0 Å². The van der Waals surface area contributed by atoms with E-state index in [2.05, 4.69) is 0 Å². The number of carbonyl (C=O) groups excluding carboxylic acids is 3. The summed E-state index contributed by atoms with van der Waals surface area (Å²) in [7, 11) is 0. The van der Waals surface area contributed by atoms with E-state index in [9.17, 15) is 14.4 Å². The number of hydrogen-bond acceptors (Lipinski definition) is 3. The monoisotopic (exact) mass is 325 g/mol. The van der Waals surface area contributed by atoms with Crippen LogP contribution in [-0.4, -0.2) is 17.5 Å². The van der Waals surface area contributed by atoms with E-state index in [1.807, 2.05) is 0 Å². The summed E-state index contributed by atoms with van der Waals surface area (Å²) in [5.74, 6) is -1.01. The van der Waals surface area contributed by atoms with Crippen LogP contribution >= 0.6 is 11.6 Å².